The SMILES string of the molecule is CN1CCCC(N(C)C(CN)c2ccccc2F)C1. The van der Waals surface area contributed by atoms with Crippen LogP contribution in [0.25, 0.3) is 0 Å². The molecule has 1 fully saturated rings. The maximum Gasteiger partial charge on any atom is 0.128 e. The van der Waals surface area contributed by atoms with E-state index in [1.54, 1.807) is 6.07 Å². The predicted octanol–water partition coefficient (Wildman–Crippen LogP) is 1.85. The highest BCUT2D eigenvalue weighted by molar-refractivity contribution is 5.21. The summed E-state index contributed by atoms with van der Waals surface area (Å²) in [5.74, 6) is -0.158. The van der Waals surface area contributed by atoms with Gasteiger partial charge in [-0.25, -0.2) is 4.39 Å². The third-order valence-corrected chi connectivity index (χ3v) is 4.15. The Morgan fingerprint density at radius 2 is 2.21 bits per heavy atom. The Labute approximate surface area is 115 Å². The highest BCUT2D eigenvalue weighted by Gasteiger charge is 2.27. The fourth-order valence-corrected chi connectivity index (χ4v) is 2.98. The number of piperidine rings is 1. The molecule has 1 aliphatic rings. The van der Waals surface area contributed by atoms with Gasteiger partial charge in [0.05, 0.1) is 0 Å². The molecule has 1 aromatic carbocycles. The lowest BCUT2D eigenvalue weighted by Gasteiger charge is -2.40. The minimum absolute atomic E-state index is 0.0438. The van der Waals surface area contributed by atoms with E-state index in [0.29, 0.717) is 18.2 Å². The monoisotopic (exact) mass is 265 g/mol. The second-order valence-electron chi connectivity index (χ2n) is 5.50. The van der Waals surface area contributed by atoms with E-state index in [1.165, 1.54) is 12.5 Å². The van der Waals surface area contributed by atoms with Crippen LogP contribution in [0.1, 0.15) is 24.4 Å². The zero-order chi connectivity index (χ0) is 13.8. The molecule has 2 unspecified atom stereocenters. The number of hydrogen-bond acceptors (Lipinski definition) is 3. The van der Waals surface area contributed by atoms with Gasteiger partial charge < -0.3 is 10.6 Å². The highest BCUT2D eigenvalue weighted by atomic mass is 19.1. The van der Waals surface area contributed by atoms with Crippen molar-refractivity contribution < 1.29 is 4.39 Å². The van der Waals surface area contributed by atoms with E-state index in [0.717, 1.165) is 19.5 Å². The van der Waals surface area contributed by atoms with Crippen LogP contribution in [0, 0.1) is 5.82 Å². The summed E-state index contributed by atoms with van der Waals surface area (Å²) in [5, 5.41) is 0. The van der Waals surface area contributed by atoms with Gasteiger partial charge in [-0.05, 0) is 39.5 Å². The molecule has 0 aromatic heterocycles. The molecule has 0 amide bonds. The van der Waals surface area contributed by atoms with Gasteiger partial charge >= 0.3 is 0 Å². The number of likely N-dealkylation sites (tertiary alicyclic amines) is 1. The molecule has 0 saturated carbocycles. The quantitative estimate of drug-likeness (QED) is 0.902. The first-order valence-electron chi connectivity index (χ1n) is 6.98. The normalized spacial score (nSPS) is 22.7. The Morgan fingerprint density at radius 3 is 2.84 bits per heavy atom. The predicted molar refractivity (Wildman–Crippen MR) is 76.5 cm³/mol. The van der Waals surface area contributed by atoms with Crippen LogP contribution in [-0.4, -0.2) is 49.6 Å². The summed E-state index contributed by atoms with van der Waals surface area (Å²) in [7, 11) is 4.20. The minimum atomic E-state index is -0.158. The molecular formula is C15H24FN3. The molecule has 1 aromatic rings. The zero-order valence-corrected chi connectivity index (χ0v) is 11.8. The molecule has 19 heavy (non-hydrogen) atoms. The Morgan fingerprint density at radius 1 is 1.47 bits per heavy atom. The molecule has 0 radical (unpaired) electrons. The topological polar surface area (TPSA) is 32.5 Å². The first kappa shape index (κ1) is 14.4. The van der Waals surface area contributed by atoms with Crippen molar-refractivity contribution in [3.8, 4) is 0 Å². The fourth-order valence-electron chi connectivity index (χ4n) is 2.98. The van der Waals surface area contributed by atoms with Crippen LogP contribution in [0.3, 0.4) is 0 Å². The van der Waals surface area contributed by atoms with Gasteiger partial charge in [-0.3, -0.25) is 4.90 Å². The molecule has 1 heterocycles. The van der Waals surface area contributed by atoms with Crippen molar-refractivity contribution in [2.45, 2.75) is 24.9 Å². The van der Waals surface area contributed by atoms with Crippen LogP contribution in [0.2, 0.25) is 0 Å². The van der Waals surface area contributed by atoms with E-state index in [2.05, 4.69) is 23.9 Å². The average molecular weight is 265 g/mol. The van der Waals surface area contributed by atoms with Crippen LogP contribution < -0.4 is 5.73 Å². The lowest BCUT2D eigenvalue weighted by Crippen LogP contribution is -2.47. The van der Waals surface area contributed by atoms with Gasteiger partial charge in [-0.15, -0.1) is 0 Å². The number of halogens is 1. The first-order chi connectivity index (χ1) is 9.13. The van der Waals surface area contributed by atoms with Crippen molar-refractivity contribution >= 4 is 0 Å². The summed E-state index contributed by atoms with van der Waals surface area (Å²) in [5.41, 5.74) is 6.60. The van der Waals surface area contributed by atoms with Crippen molar-refractivity contribution in [2.75, 3.05) is 33.7 Å². The van der Waals surface area contributed by atoms with Gasteiger partial charge in [0, 0.05) is 30.7 Å². The molecule has 0 aliphatic carbocycles. The largest absolute Gasteiger partial charge is 0.329 e. The van der Waals surface area contributed by atoms with Gasteiger partial charge in [-0.1, -0.05) is 18.2 Å². The molecule has 106 valence electrons. The van der Waals surface area contributed by atoms with E-state index >= 15 is 0 Å². The van der Waals surface area contributed by atoms with E-state index < -0.39 is 0 Å². The van der Waals surface area contributed by atoms with Crippen molar-refractivity contribution in [1.82, 2.24) is 9.80 Å². The Kier molecular flexibility index (Phi) is 4.91. The van der Waals surface area contributed by atoms with Gasteiger partial charge in [0.25, 0.3) is 0 Å². The second-order valence-corrected chi connectivity index (χ2v) is 5.50. The van der Waals surface area contributed by atoms with Crippen LogP contribution in [-0.2, 0) is 0 Å². The molecule has 0 spiro atoms. The van der Waals surface area contributed by atoms with Gasteiger partial charge in [0.1, 0.15) is 5.82 Å². The maximum absolute atomic E-state index is 13.9. The average Bonchev–Trinajstić information content (AvgIpc) is 2.41. The van der Waals surface area contributed by atoms with Crippen molar-refractivity contribution in [1.29, 1.82) is 0 Å². The zero-order valence-electron chi connectivity index (χ0n) is 11.8. The van der Waals surface area contributed by atoms with Crippen LogP contribution in [0.15, 0.2) is 24.3 Å². The molecular weight excluding hydrogens is 241 g/mol. The van der Waals surface area contributed by atoms with Crippen molar-refractivity contribution in [3.63, 3.8) is 0 Å². The van der Waals surface area contributed by atoms with Crippen molar-refractivity contribution in [2.24, 2.45) is 5.73 Å². The summed E-state index contributed by atoms with van der Waals surface area (Å²) >= 11 is 0. The molecule has 4 heteroatoms. The van der Waals surface area contributed by atoms with Gasteiger partial charge in [0.15, 0.2) is 0 Å². The molecule has 0 bridgehead atoms. The number of rotatable bonds is 4. The lowest BCUT2D eigenvalue weighted by molar-refractivity contribution is 0.0996. The number of likely N-dealkylation sites (N-methyl/N-ethyl adjacent to an activating group) is 2. The highest BCUT2D eigenvalue weighted by Crippen LogP contribution is 2.26. The summed E-state index contributed by atoms with van der Waals surface area (Å²) in [6.07, 6.45) is 2.35. The summed E-state index contributed by atoms with van der Waals surface area (Å²) in [4.78, 5) is 4.58. The van der Waals surface area contributed by atoms with E-state index in [4.69, 9.17) is 5.73 Å². The Bertz CT molecular complexity index is 410. The summed E-state index contributed by atoms with van der Waals surface area (Å²) < 4.78 is 13.9. The van der Waals surface area contributed by atoms with Crippen molar-refractivity contribution in [3.05, 3.63) is 35.6 Å². The van der Waals surface area contributed by atoms with Gasteiger partial charge in [-0.2, -0.15) is 0 Å². The first-order valence-corrected chi connectivity index (χ1v) is 6.98. The molecule has 1 saturated heterocycles. The molecule has 1 aliphatic heterocycles. The summed E-state index contributed by atoms with van der Waals surface area (Å²) in [6.45, 7) is 2.62. The number of benzene rings is 1. The Balaban J connectivity index is 2.15. The number of nitrogens with zero attached hydrogens (tertiary/aromatic N) is 2. The Hall–Kier alpha value is -0.970. The van der Waals surface area contributed by atoms with Crippen LogP contribution >= 0.6 is 0 Å². The standard InChI is InChI=1S/C15H24FN3/c1-18-9-5-6-12(11-18)19(2)15(10-17)13-7-3-4-8-14(13)16/h3-4,7-8,12,15H,5-6,9-11,17H2,1-2H3. The van der Waals surface area contributed by atoms with E-state index in [-0.39, 0.29) is 11.9 Å². The van der Waals surface area contributed by atoms with Crippen LogP contribution in [0.4, 0.5) is 4.39 Å². The van der Waals surface area contributed by atoms with E-state index in [9.17, 15) is 4.39 Å². The number of nitrogens with two attached hydrogens (primary N) is 1. The fraction of sp³-hybridized carbons (Fsp3) is 0.600. The second kappa shape index (κ2) is 6.46. The van der Waals surface area contributed by atoms with Gasteiger partial charge in [0.2, 0.25) is 0 Å². The summed E-state index contributed by atoms with van der Waals surface area (Å²) in [6, 6.07) is 7.36. The maximum atomic E-state index is 13.9. The molecule has 3 nitrogen and oxygen atoms in total. The smallest absolute Gasteiger partial charge is 0.128 e. The molecule has 2 N–H and O–H groups in total. The number of hydrogen-bond donors (Lipinski definition) is 1. The molecule has 2 atom stereocenters. The van der Waals surface area contributed by atoms with E-state index in [1.807, 2.05) is 12.1 Å². The van der Waals surface area contributed by atoms with Crippen LogP contribution in [0.5, 0.6) is 0 Å². The molecule has 2 rings (SSSR count). The third kappa shape index (κ3) is 3.32. The lowest BCUT2D eigenvalue weighted by atomic mass is 9.99. The third-order valence-electron chi connectivity index (χ3n) is 4.15. The minimum Gasteiger partial charge on any atom is -0.329 e.